The Labute approximate surface area is 149 Å². The van der Waals surface area contributed by atoms with E-state index in [0.717, 1.165) is 24.8 Å². The highest BCUT2D eigenvalue weighted by Gasteiger charge is 2.21. The van der Waals surface area contributed by atoms with Crippen LogP contribution in [0.4, 0.5) is 5.69 Å². The van der Waals surface area contributed by atoms with Crippen molar-refractivity contribution in [2.45, 2.75) is 25.3 Å². The van der Waals surface area contributed by atoms with Crippen LogP contribution in [0.2, 0.25) is 5.02 Å². The fourth-order valence-corrected chi connectivity index (χ4v) is 3.23. The van der Waals surface area contributed by atoms with Crippen molar-refractivity contribution in [1.29, 1.82) is 0 Å². The van der Waals surface area contributed by atoms with Gasteiger partial charge in [0.2, 0.25) is 0 Å². The molecule has 2 aromatic carbocycles. The molecule has 1 amide bonds. The summed E-state index contributed by atoms with van der Waals surface area (Å²) in [6.45, 7) is -0.198. The quantitative estimate of drug-likeness (QED) is 0.649. The van der Waals surface area contributed by atoms with Crippen molar-refractivity contribution in [3.05, 3.63) is 68.7 Å². The molecule has 0 heterocycles. The molecule has 1 atom stereocenters. The lowest BCUT2D eigenvalue weighted by Gasteiger charge is -2.26. The van der Waals surface area contributed by atoms with Crippen molar-refractivity contribution < 1.29 is 14.5 Å². The molecule has 1 aliphatic carbocycles. The summed E-state index contributed by atoms with van der Waals surface area (Å²) in [5.74, 6) is -0.0115. The van der Waals surface area contributed by atoms with Gasteiger partial charge in [0.15, 0.2) is 6.61 Å². The van der Waals surface area contributed by atoms with Crippen molar-refractivity contribution >= 4 is 23.2 Å². The molecule has 0 spiro atoms. The number of amides is 1. The molecule has 7 heteroatoms. The lowest BCUT2D eigenvalue weighted by Crippen LogP contribution is -2.34. The second kappa shape index (κ2) is 7.53. The molecule has 2 aromatic rings. The van der Waals surface area contributed by atoms with E-state index in [1.807, 2.05) is 18.2 Å². The second-order valence-corrected chi connectivity index (χ2v) is 6.28. The van der Waals surface area contributed by atoms with Gasteiger partial charge in [-0.15, -0.1) is 0 Å². The molecule has 6 nitrogen and oxygen atoms in total. The first-order valence-corrected chi connectivity index (χ1v) is 8.36. The number of ether oxygens (including phenoxy) is 1. The molecule has 0 radical (unpaired) electrons. The van der Waals surface area contributed by atoms with Crippen LogP contribution in [0.25, 0.3) is 0 Å². The SMILES string of the molecule is O=C(COc1ccc([N+](=O)[O-])cc1Cl)N[C@@H]1CCCc2ccccc21. The molecule has 0 bridgehead atoms. The van der Waals surface area contributed by atoms with Gasteiger partial charge >= 0.3 is 0 Å². The van der Waals surface area contributed by atoms with Crippen LogP contribution in [0.5, 0.6) is 5.75 Å². The Morgan fingerprint density at radius 3 is 2.88 bits per heavy atom. The minimum Gasteiger partial charge on any atom is -0.482 e. The highest BCUT2D eigenvalue weighted by atomic mass is 35.5. The average molecular weight is 361 g/mol. The van der Waals surface area contributed by atoms with Crippen LogP contribution in [0.15, 0.2) is 42.5 Å². The normalized spacial score (nSPS) is 16.0. The monoisotopic (exact) mass is 360 g/mol. The summed E-state index contributed by atoms with van der Waals surface area (Å²) in [7, 11) is 0. The second-order valence-electron chi connectivity index (χ2n) is 5.87. The summed E-state index contributed by atoms with van der Waals surface area (Å²) in [4.78, 5) is 22.3. The Hall–Kier alpha value is -2.60. The number of carbonyl (C=O) groups excluding carboxylic acids is 1. The van der Waals surface area contributed by atoms with Crippen molar-refractivity contribution in [3.63, 3.8) is 0 Å². The maximum Gasteiger partial charge on any atom is 0.271 e. The van der Waals surface area contributed by atoms with E-state index in [2.05, 4.69) is 11.4 Å². The van der Waals surface area contributed by atoms with Crippen LogP contribution in [-0.4, -0.2) is 17.4 Å². The van der Waals surface area contributed by atoms with Crippen molar-refractivity contribution in [2.24, 2.45) is 0 Å². The van der Waals surface area contributed by atoms with Crippen LogP contribution in [0, 0.1) is 10.1 Å². The molecular weight excluding hydrogens is 344 g/mol. The predicted octanol–water partition coefficient (Wildman–Crippen LogP) is 3.82. The standard InChI is InChI=1S/C18H17ClN2O4/c19-15-10-13(21(23)24)8-9-17(15)25-11-18(22)20-16-7-3-5-12-4-1-2-6-14(12)16/h1-2,4,6,8-10,16H,3,5,7,11H2,(H,20,22)/t16-/m1/s1. The maximum absolute atomic E-state index is 12.2. The number of carbonyl (C=O) groups is 1. The zero-order chi connectivity index (χ0) is 17.8. The molecule has 1 N–H and O–H groups in total. The summed E-state index contributed by atoms with van der Waals surface area (Å²) in [6.07, 6.45) is 2.94. The third kappa shape index (κ3) is 4.09. The lowest BCUT2D eigenvalue weighted by molar-refractivity contribution is -0.384. The number of non-ortho nitro benzene ring substituents is 1. The van der Waals surface area contributed by atoms with Crippen molar-refractivity contribution in [2.75, 3.05) is 6.61 Å². The van der Waals surface area contributed by atoms with E-state index in [-0.39, 0.29) is 35.0 Å². The number of nitro groups is 1. The van der Waals surface area contributed by atoms with Crippen LogP contribution in [0.3, 0.4) is 0 Å². The first-order chi connectivity index (χ1) is 12.0. The molecule has 0 saturated heterocycles. The zero-order valence-corrected chi connectivity index (χ0v) is 14.2. The van der Waals surface area contributed by atoms with Crippen LogP contribution < -0.4 is 10.1 Å². The number of hydrogen-bond donors (Lipinski definition) is 1. The summed E-state index contributed by atoms with van der Waals surface area (Å²) in [6, 6.07) is 12.0. The largest absolute Gasteiger partial charge is 0.482 e. The van der Waals surface area contributed by atoms with Crippen molar-refractivity contribution in [3.8, 4) is 5.75 Å². The lowest BCUT2D eigenvalue weighted by atomic mass is 9.88. The number of hydrogen-bond acceptors (Lipinski definition) is 4. The smallest absolute Gasteiger partial charge is 0.271 e. The number of nitrogens with zero attached hydrogens (tertiary/aromatic N) is 1. The Balaban J connectivity index is 1.60. The summed E-state index contributed by atoms with van der Waals surface area (Å²) in [5.41, 5.74) is 2.29. The minimum atomic E-state index is -0.539. The number of halogens is 1. The van der Waals surface area contributed by atoms with E-state index >= 15 is 0 Å². The molecule has 130 valence electrons. The van der Waals surface area contributed by atoms with Gasteiger partial charge in [0.25, 0.3) is 11.6 Å². The number of nitrogens with one attached hydrogen (secondary N) is 1. The van der Waals surface area contributed by atoms with Gasteiger partial charge in [0.1, 0.15) is 5.75 Å². The Bertz CT molecular complexity index is 809. The third-order valence-electron chi connectivity index (χ3n) is 4.19. The first kappa shape index (κ1) is 17.2. The van der Waals surface area contributed by atoms with Gasteiger partial charge in [-0.2, -0.15) is 0 Å². The number of nitro benzene ring substituents is 1. The van der Waals surface area contributed by atoms with Gasteiger partial charge in [-0.3, -0.25) is 14.9 Å². The predicted molar refractivity (Wildman–Crippen MR) is 93.9 cm³/mol. The highest BCUT2D eigenvalue weighted by molar-refractivity contribution is 6.32. The van der Waals surface area contributed by atoms with Crippen LogP contribution in [-0.2, 0) is 11.2 Å². The molecular formula is C18H17ClN2O4. The molecule has 0 fully saturated rings. The Morgan fingerprint density at radius 2 is 2.12 bits per heavy atom. The molecule has 0 aromatic heterocycles. The Kier molecular flexibility index (Phi) is 5.19. The van der Waals surface area contributed by atoms with E-state index in [9.17, 15) is 14.9 Å². The van der Waals surface area contributed by atoms with Gasteiger partial charge < -0.3 is 10.1 Å². The minimum absolute atomic E-state index is 0.0200. The Morgan fingerprint density at radius 1 is 1.32 bits per heavy atom. The molecule has 1 aliphatic rings. The van der Waals surface area contributed by atoms with E-state index < -0.39 is 4.92 Å². The molecule has 3 rings (SSSR count). The van der Waals surface area contributed by atoms with E-state index in [0.29, 0.717) is 0 Å². The van der Waals surface area contributed by atoms with Gasteiger partial charge in [0.05, 0.1) is 16.0 Å². The summed E-state index contributed by atoms with van der Waals surface area (Å²) < 4.78 is 5.40. The van der Waals surface area contributed by atoms with Crippen LogP contribution >= 0.6 is 11.6 Å². The van der Waals surface area contributed by atoms with Gasteiger partial charge in [0, 0.05) is 12.1 Å². The molecule has 0 unspecified atom stereocenters. The van der Waals surface area contributed by atoms with Gasteiger partial charge in [-0.25, -0.2) is 0 Å². The summed E-state index contributed by atoms with van der Waals surface area (Å²) in [5, 5.41) is 13.8. The fourth-order valence-electron chi connectivity index (χ4n) is 3.00. The van der Waals surface area contributed by atoms with Gasteiger partial charge in [-0.1, -0.05) is 35.9 Å². The van der Waals surface area contributed by atoms with E-state index in [1.54, 1.807) is 0 Å². The van der Waals surface area contributed by atoms with E-state index in [1.165, 1.54) is 23.8 Å². The number of fused-ring (bicyclic) bond motifs is 1. The van der Waals surface area contributed by atoms with Crippen molar-refractivity contribution in [1.82, 2.24) is 5.32 Å². The third-order valence-corrected chi connectivity index (χ3v) is 4.49. The molecule has 0 aliphatic heterocycles. The van der Waals surface area contributed by atoms with E-state index in [4.69, 9.17) is 16.3 Å². The summed E-state index contributed by atoms with van der Waals surface area (Å²) >= 11 is 5.95. The number of benzene rings is 2. The number of rotatable bonds is 5. The van der Waals surface area contributed by atoms with Crippen LogP contribution in [0.1, 0.15) is 30.0 Å². The highest BCUT2D eigenvalue weighted by Crippen LogP contribution is 2.30. The number of aryl methyl sites for hydroxylation is 1. The average Bonchev–Trinajstić information content (AvgIpc) is 2.61. The molecule has 25 heavy (non-hydrogen) atoms. The molecule has 0 saturated carbocycles. The zero-order valence-electron chi connectivity index (χ0n) is 13.4. The van der Waals surface area contributed by atoms with Gasteiger partial charge in [-0.05, 0) is 36.5 Å². The fraction of sp³-hybridized carbons (Fsp3) is 0.278. The first-order valence-electron chi connectivity index (χ1n) is 7.98. The maximum atomic E-state index is 12.2. The topological polar surface area (TPSA) is 81.5 Å².